The number of ether oxygens (including phenoxy) is 1. The molecule has 0 N–H and O–H groups in total. The number of hydrogen-bond acceptors (Lipinski definition) is 4. The zero-order valence-electron chi connectivity index (χ0n) is 16.9. The Morgan fingerprint density at radius 2 is 2.03 bits per heavy atom. The fraction of sp³-hybridized carbons (Fsp3) is 0.318. The van der Waals surface area contributed by atoms with Crippen LogP contribution >= 0.6 is 0 Å². The number of unbranched alkanes of at least 4 members (excludes halogenated alkanes) is 1. The van der Waals surface area contributed by atoms with Crippen molar-refractivity contribution >= 4 is 5.91 Å². The lowest BCUT2D eigenvalue weighted by molar-refractivity contribution is 0.0763. The Kier molecular flexibility index (Phi) is 5.48. The summed E-state index contributed by atoms with van der Waals surface area (Å²) in [7, 11) is 0. The molecule has 1 amide bonds. The number of benzene rings is 1. The molecule has 0 atom stereocenters. The molecule has 0 unspecified atom stereocenters. The first-order valence-electron chi connectivity index (χ1n) is 9.88. The molecule has 0 fully saturated rings. The Hall–Kier alpha value is -3.29. The van der Waals surface area contributed by atoms with Crippen molar-refractivity contribution in [2.45, 2.75) is 40.0 Å². The van der Waals surface area contributed by atoms with E-state index in [0.717, 1.165) is 12.8 Å². The van der Waals surface area contributed by atoms with Crippen molar-refractivity contribution in [2.75, 3.05) is 6.54 Å². The Morgan fingerprint density at radius 1 is 1.20 bits per heavy atom. The molecule has 0 spiro atoms. The number of carbonyl (C=O) groups is 1. The molecule has 2 aromatic heterocycles. The lowest BCUT2D eigenvalue weighted by atomic mass is 10.1. The van der Waals surface area contributed by atoms with Crippen LogP contribution in [0.15, 0.2) is 36.4 Å². The third-order valence-electron chi connectivity index (χ3n) is 5.05. The van der Waals surface area contributed by atoms with Crippen molar-refractivity contribution < 1.29 is 18.3 Å². The van der Waals surface area contributed by atoms with Crippen molar-refractivity contribution in [3.63, 3.8) is 0 Å². The molecule has 1 aliphatic heterocycles. The van der Waals surface area contributed by atoms with E-state index in [4.69, 9.17) is 4.74 Å². The fourth-order valence-corrected chi connectivity index (χ4v) is 3.57. The van der Waals surface area contributed by atoms with Gasteiger partial charge in [-0.1, -0.05) is 19.4 Å². The number of aromatic nitrogens is 3. The molecular formula is C22H22F2N4O2. The molecule has 8 heteroatoms. The minimum absolute atomic E-state index is 0.0123. The number of amides is 1. The molecule has 6 nitrogen and oxygen atoms in total. The van der Waals surface area contributed by atoms with E-state index in [0.29, 0.717) is 36.0 Å². The molecule has 0 bridgehead atoms. The number of aryl methyl sites for hydroxylation is 1. The van der Waals surface area contributed by atoms with Gasteiger partial charge in [0.05, 0.1) is 23.8 Å². The lowest BCUT2D eigenvalue weighted by Crippen LogP contribution is -2.26. The fourth-order valence-electron chi connectivity index (χ4n) is 3.57. The van der Waals surface area contributed by atoms with Gasteiger partial charge in [-0.05, 0) is 37.6 Å². The minimum atomic E-state index is -0.724. The van der Waals surface area contributed by atoms with Crippen LogP contribution in [0.3, 0.4) is 0 Å². The van der Waals surface area contributed by atoms with Crippen LogP contribution in [0.5, 0.6) is 11.6 Å². The highest BCUT2D eigenvalue weighted by Crippen LogP contribution is 2.33. The Morgan fingerprint density at radius 3 is 2.77 bits per heavy atom. The summed E-state index contributed by atoms with van der Waals surface area (Å²) in [5.41, 5.74) is 2.19. The molecule has 0 saturated heterocycles. The topological polar surface area (TPSA) is 60.3 Å². The van der Waals surface area contributed by atoms with Crippen molar-refractivity contribution in [3.05, 3.63) is 59.4 Å². The summed E-state index contributed by atoms with van der Waals surface area (Å²) in [5.74, 6) is -0.192. The highest BCUT2D eigenvalue weighted by Gasteiger charge is 2.32. The van der Waals surface area contributed by atoms with E-state index < -0.39 is 12.5 Å². The SMILES string of the molecule is CCCCN1Cn2c(nc(C)c2-c2ccc(Oc3cccc(CF)n3)c(F)c2)C1=O. The summed E-state index contributed by atoms with van der Waals surface area (Å²) in [5, 5.41) is 0. The van der Waals surface area contributed by atoms with E-state index in [1.165, 1.54) is 24.3 Å². The van der Waals surface area contributed by atoms with Crippen LogP contribution in [0, 0.1) is 12.7 Å². The normalized spacial score (nSPS) is 13.1. The smallest absolute Gasteiger partial charge is 0.291 e. The number of imidazole rings is 1. The van der Waals surface area contributed by atoms with E-state index in [9.17, 15) is 13.6 Å². The Bertz CT molecular complexity index is 1100. The third-order valence-corrected chi connectivity index (χ3v) is 5.05. The highest BCUT2D eigenvalue weighted by atomic mass is 19.1. The predicted octanol–water partition coefficient (Wildman–Crippen LogP) is 4.87. The molecular weight excluding hydrogens is 390 g/mol. The van der Waals surface area contributed by atoms with Gasteiger partial charge < -0.3 is 14.2 Å². The van der Waals surface area contributed by atoms with E-state index >= 15 is 0 Å². The van der Waals surface area contributed by atoms with Gasteiger partial charge in [-0.2, -0.15) is 0 Å². The van der Waals surface area contributed by atoms with Gasteiger partial charge >= 0.3 is 0 Å². The summed E-state index contributed by atoms with van der Waals surface area (Å²) in [6.07, 6.45) is 1.91. The monoisotopic (exact) mass is 412 g/mol. The van der Waals surface area contributed by atoms with Gasteiger partial charge in [0.25, 0.3) is 5.91 Å². The average Bonchev–Trinajstić information content (AvgIpc) is 3.22. The van der Waals surface area contributed by atoms with Crippen LogP contribution in [-0.2, 0) is 13.3 Å². The van der Waals surface area contributed by atoms with Crippen molar-refractivity contribution in [1.82, 2.24) is 19.4 Å². The number of pyridine rings is 1. The van der Waals surface area contributed by atoms with E-state index in [-0.39, 0.29) is 23.2 Å². The van der Waals surface area contributed by atoms with E-state index in [1.54, 1.807) is 24.0 Å². The highest BCUT2D eigenvalue weighted by molar-refractivity contribution is 5.94. The first kappa shape index (κ1) is 20.0. The van der Waals surface area contributed by atoms with Crippen LogP contribution < -0.4 is 4.74 Å². The second kappa shape index (κ2) is 8.22. The second-order valence-electron chi connectivity index (χ2n) is 7.21. The summed E-state index contributed by atoms with van der Waals surface area (Å²) in [4.78, 5) is 22.7. The molecule has 0 saturated carbocycles. The first-order chi connectivity index (χ1) is 14.5. The second-order valence-corrected chi connectivity index (χ2v) is 7.21. The van der Waals surface area contributed by atoms with Gasteiger partial charge in [0, 0.05) is 18.2 Å². The quantitative estimate of drug-likeness (QED) is 0.556. The molecule has 0 radical (unpaired) electrons. The number of hydrogen-bond donors (Lipinski definition) is 0. The van der Waals surface area contributed by atoms with Crippen LogP contribution in [0.2, 0.25) is 0 Å². The number of rotatable bonds is 7. The summed E-state index contributed by atoms with van der Waals surface area (Å²) in [6, 6.07) is 9.24. The molecule has 3 heterocycles. The first-order valence-corrected chi connectivity index (χ1v) is 9.88. The zero-order chi connectivity index (χ0) is 21.3. The van der Waals surface area contributed by atoms with Gasteiger partial charge in [0.15, 0.2) is 11.6 Å². The number of fused-ring (bicyclic) bond motifs is 1. The maximum atomic E-state index is 14.8. The van der Waals surface area contributed by atoms with Gasteiger partial charge in [0.2, 0.25) is 11.7 Å². The molecule has 3 aromatic rings. The van der Waals surface area contributed by atoms with Crippen LogP contribution in [0.4, 0.5) is 8.78 Å². The maximum absolute atomic E-state index is 14.8. The van der Waals surface area contributed by atoms with Gasteiger partial charge in [-0.3, -0.25) is 4.79 Å². The molecule has 0 aliphatic carbocycles. The summed E-state index contributed by atoms with van der Waals surface area (Å²) >= 11 is 0. The van der Waals surface area contributed by atoms with Crippen molar-refractivity contribution in [3.8, 4) is 22.9 Å². The lowest BCUT2D eigenvalue weighted by Gasteiger charge is -2.16. The molecule has 1 aromatic carbocycles. The largest absolute Gasteiger partial charge is 0.436 e. The summed E-state index contributed by atoms with van der Waals surface area (Å²) < 4.78 is 34.9. The van der Waals surface area contributed by atoms with Crippen molar-refractivity contribution in [1.29, 1.82) is 0 Å². The van der Waals surface area contributed by atoms with Gasteiger partial charge in [-0.25, -0.2) is 18.7 Å². The van der Waals surface area contributed by atoms with Crippen LogP contribution in [0.1, 0.15) is 41.8 Å². The number of nitrogens with zero attached hydrogens (tertiary/aromatic N) is 4. The predicted molar refractivity (Wildman–Crippen MR) is 107 cm³/mol. The minimum Gasteiger partial charge on any atom is -0.436 e. The molecule has 156 valence electrons. The molecule has 1 aliphatic rings. The van der Waals surface area contributed by atoms with Gasteiger partial charge in [-0.15, -0.1) is 0 Å². The summed E-state index contributed by atoms with van der Waals surface area (Å²) in [6.45, 7) is 4.23. The molecule has 4 rings (SSSR count). The number of carbonyl (C=O) groups excluding carboxylic acids is 1. The van der Waals surface area contributed by atoms with E-state index in [1.807, 2.05) is 4.57 Å². The standard InChI is InChI=1S/C22H22F2N4O2/c1-3-4-10-27-13-28-20(14(2)25-21(28)22(27)29)15-8-9-18(17(24)11-15)30-19-7-5-6-16(12-23)26-19/h5-9,11H,3-4,10,12-13H2,1-2H3. The van der Waals surface area contributed by atoms with Crippen LogP contribution in [-0.4, -0.2) is 31.9 Å². The van der Waals surface area contributed by atoms with Gasteiger partial charge in [0.1, 0.15) is 6.67 Å². The average molecular weight is 412 g/mol. The third kappa shape index (κ3) is 3.65. The maximum Gasteiger partial charge on any atom is 0.291 e. The van der Waals surface area contributed by atoms with E-state index in [2.05, 4.69) is 16.9 Å². The zero-order valence-corrected chi connectivity index (χ0v) is 16.9. The number of alkyl halides is 1. The van der Waals surface area contributed by atoms with Crippen molar-refractivity contribution in [2.24, 2.45) is 0 Å². The van der Waals surface area contributed by atoms with Crippen LogP contribution in [0.25, 0.3) is 11.3 Å². The molecule has 30 heavy (non-hydrogen) atoms. The Balaban J connectivity index is 1.61. The Labute approximate surface area is 173 Å². The number of halogens is 2.